The Labute approximate surface area is 525 Å². The molecule has 9 N–H and O–H groups in total. The van der Waals surface area contributed by atoms with Crippen LogP contribution >= 0.6 is 0 Å². The molecule has 1 saturated heterocycles. The van der Waals surface area contributed by atoms with E-state index in [0.717, 1.165) is 48.2 Å². The van der Waals surface area contributed by atoms with Gasteiger partial charge in [-0.2, -0.15) is 10.2 Å². The lowest BCUT2D eigenvalue weighted by Gasteiger charge is -2.39. The first-order valence-corrected chi connectivity index (χ1v) is 30.5. The standard InChI is InChI=1S/C63H79N15O13/c1-37-56(38(2)73-72-37)39-14-17-43(18-15-39)69-61(85)58(57(40-10-11-40)41-12-13-41)71-60(84)50-21-24-67-78(50)25-7-23-65-52(80)32-77-29-45(74-75-77)33-88-36-55(82)76-30-48(31-76)89-34-44(26-51(64)79)68-53(81)35-90-46-8-6-9-47(27-46)91-54-19-16-42(28-66-54)59(83)70-49(62(86)87)20-22-63(3,4)5/h6,8-9,14-19,21,24,27-29,40-41,44,48-49,57-58H,7,10-13,20,22-23,25-26,30-36H2,1-5H3,(H2,64,79)(H,65,80)(H,68,81)(H,69,85)(H,70,83)(H,71,84)(H,72,73)(H,86,87)/t44?,49-,58-/m0/s1. The topological polar surface area (TPSA) is 373 Å². The number of pyridine rings is 1. The van der Waals surface area contributed by atoms with Crippen LogP contribution in [-0.4, -0.2) is 161 Å². The number of nitrogens with zero attached hydrogens (tertiary/aromatic N) is 8. The second kappa shape index (κ2) is 30.3. The highest BCUT2D eigenvalue weighted by molar-refractivity contribution is 6.01. The van der Waals surface area contributed by atoms with Gasteiger partial charge in [-0.1, -0.05) is 44.2 Å². The zero-order valence-corrected chi connectivity index (χ0v) is 51.6. The van der Waals surface area contributed by atoms with Crippen molar-refractivity contribution in [2.24, 2.45) is 28.9 Å². The second-order valence-corrected chi connectivity index (χ2v) is 24.5. The van der Waals surface area contributed by atoms with E-state index in [4.69, 9.17) is 24.7 Å². The molecule has 2 saturated carbocycles. The van der Waals surface area contributed by atoms with Gasteiger partial charge in [0.25, 0.3) is 17.7 Å². The van der Waals surface area contributed by atoms with Crippen molar-refractivity contribution >= 4 is 53.0 Å². The fourth-order valence-corrected chi connectivity index (χ4v) is 10.8. The molecule has 2 aliphatic carbocycles. The maximum absolute atomic E-state index is 14.1. The van der Waals surface area contributed by atoms with Gasteiger partial charge >= 0.3 is 5.97 Å². The molecule has 1 aliphatic heterocycles. The summed E-state index contributed by atoms with van der Waals surface area (Å²) in [7, 11) is 0. The molecule has 1 unspecified atom stereocenters. The average molecular weight is 1250 g/mol. The van der Waals surface area contributed by atoms with E-state index in [9.17, 15) is 43.5 Å². The molecule has 2 aromatic carbocycles. The zero-order chi connectivity index (χ0) is 64.8. The number of nitrogens with one attached hydrogen (secondary N) is 6. The molecule has 28 heteroatoms. The molecule has 7 amide bonds. The van der Waals surface area contributed by atoms with Crippen LogP contribution in [0.5, 0.6) is 17.4 Å². The van der Waals surface area contributed by atoms with E-state index in [0.29, 0.717) is 54.0 Å². The van der Waals surface area contributed by atoms with E-state index in [1.54, 1.807) is 35.1 Å². The van der Waals surface area contributed by atoms with Crippen molar-refractivity contribution in [2.45, 2.75) is 130 Å². The van der Waals surface area contributed by atoms with Gasteiger partial charge in [0, 0.05) is 74.1 Å². The molecule has 0 radical (unpaired) electrons. The number of hydrogen-bond acceptors (Lipinski definition) is 17. The number of H-pyrrole nitrogens is 1. The van der Waals surface area contributed by atoms with E-state index in [1.165, 1.54) is 40.2 Å². The summed E-state index contributed by atoms with van der Waals surface area (Å²) in [5.41, 5.74) is 10.7. The Morgan fingerprint density at radius 2 is 1.62 bits per heavy atom. The van der Waals surface area contributed by atoms with E-state index >= 15 is 0 Å². The summed E-state index contributed by atoms with van der Waals surface area (Å²) in [5.74, 6) is -2.69. The lowest BCUT2D eigenvalue weighted by Crippen LogP contribution is -2.56. The summed E-state index contributed by atoms with van der Waals surface area (Å²) < 4.78 is 25.9. The van der Waals surface area contributed by atoms with Gasteiger partial charge in [-0.3, -0.25) is 43.3 Å². The van der Waals surface area contributed by atoms with Crippen LogP contribution in [0.1, 0.15) is 110 Å². The van der Waals surface area contributed by atoms with Crippen LogP contribution in [0.15, 0.2) is 85.3 Å². The molecule has 5 heterocycles. The first kappa shape index (κ1) is 65.9. The van der Waals surface area contributed by atoms with Crippen LogP contribution < -0.4 is 41.8 Å². The summed E-state index contributed by atoms with van der Waals surface area (Å²) in [5, 5.41) is 43.6. The number of likely N-dealkylation sites (tertiary alicyclic amines) is 1. The molecular formula is C63H79N15O13. The highest BCUT2D eigenvalue weighted by Gasteiger charge is 2.48. The number of nitrogens with two attached hydrogens (primary N) is 1. The van der Waals surface area contributed by atoms with Crippen molar-refractivity contribution in [3.8, 4) is 28.5 Å². The van der Waals surface area contributed by atoms with Crippen LogP contribution in [0.3, 0.4) is 0 Å². The summed E-state index contributed by atoms with van der Waals surface area (Å²) in [6, 6.07) is 16.0. The molecule has 3 atom stereocenters. The minimum atomic E-state index is -1.13. The van der Waals surface area contributed by atoms with E-state index in [1.807, 2.05) is 58.9 Å². The number of ether oxygens (including phenoxy) is 4. The van der Waals surface area contributed by atoms with Gasteiger partial charge in [0.2, 0.25) is 29.5 Å². The molecule has 484 valence electrons. The molecule has 4 aromatic heterocycles. The molecule has 3 fully saturated rings. The molecule has 3 aliphatic rings. The maximum atomic E-state index is 14.1. The van der Waals surface area contributed by atoms with Gasteiger partial charge in [0.05, 0.1) is 42.8 Å². The number of carbonyl (C=O) groups excluding carboxylic acids is 7. The summed E-state index contributed by atoms with van der Waals surface area (Å²) in [4.78, 5) is 109. The first-order chi connectivity index (χ1) is 43.6. The Morgan fingerprint density at radius 1 is 0.868 bits per heavy atom. The average Bonchev–Trinajstić information content (AvgIpc) is 1.66. The highest BCUT2D eigenvalue weighted by Crippen LogP contribution is 2.51. The van der Waals surface area contributed by atoms with E-state index in [2.05, 4.69) is 57.2 Å². The van der Waals surface area contributed by atoms with E-state index in [-0.39, 0.29) is 111 Å². The number of anilines is 1. The molecular weight excluding hydrogens is 1170 g/mol. The normalized spacial score (nSPS) is 15.0. The van der Waals surface area contributed by atoms with Gasteiger partial charge in [0.15, 0.2) is 6.61 Å². The predicted molar refractivity (Wildman–Crippen MR) is 328 cm³/mol. The van der Waals surface area contributed by atoms with Gasteiger partial charge in [0.1, 0.15) is 48.1 Å². The Morgan fingerprint density at radius 3 is 2.29 bits per heavy atom. The Bertz CT molecular complexity index is 3500. The summed E-state index contributed by atoms with van der Waals surface area (Å²) >= 11 is 0. The van der Waals surface area contributed by atoms with Crippen molar-refractivity contribution < 1.29 is 62.4 Å². The highest BCUT2D eigenvalue weighted by atomic mass is 16.5. The number of carboxylic acids is 1. The van der Waals surface area contributed by atoms with Crippen LogP contribution in [0.2, 0.25) is 0 Å². The van der Waals surface area contributed by atoms with Crippen molar-refractivity contribution in [1.82, 2.24) is 66.1 Å². The van der Waals surface area contributed by atoms with Crippen LogP contribution in [0.25, 0.3) is 11.1 Å². The number of carbonyl (C=O) groups is 8. The quantitative estimate of drug-likeness (QED) is 0.0262. The van der Waals surface area contributed by atoms with Crippen LogP contribution in [0.4, 0.5) is 5.69 Å². The maximum Gasteiger partial charge on any atom is 0.326 e. The van der Waals surface area contributed by atoms with Gasteiger partial charge in [-0.15, -0.1) is 5.10 Å². The first-order valence-electron chi connectivity index (χ1n) is 30.5. The van der Waals surface area contributed by atoms with Crippen LogP contribution in [0, 0.1) is 37.0 Å². The summed E-state index contributed by atoms with van der Waals surface area (Å²) in [6.07, 6.45) is 9.20. The minimum absolute atomic E-state index is 0.0294. The van der Waals surface area contributed by atoms with Gasteiger partial charge in [-0.05, 0) is 124 Å². The lowest BCUT2D eigenvalue weighted by atomic mass is 9.88. The van der Waals surface area contributed by atoms with Gasteiger partial charge in [-0.25, -0.2) is 14.5 Å². The third-order valence-electron chi connectivity index (χ3n) is 15.8. The van der Waals surface area contributed by atoms with Crippen molar-refractivity contribution in [3.63, 3.8) is 0 Å². The predicted octanol–water partition coefficient (Wildman–Crippen LogP) is 4.24. The van der Waals surface area contributed by atoms with Crippen molar-refractivity contribution in [2.75, 3.05) is 44.8 Å². The Hall–Kier alpha value is -9.57. The molecule has 6 aromatic rings. The van der Waals surface area contributed by atoms with Crippen molar-refractivity contribution in [3.05, 3.63) is 114 Å². The minimum Gasteiger partial charge on any atom is -0.484 e. The van der Waals surface area contributed by atoms with Gasteiger partial charge < -0.3 is 61.3 Å². The molecule has 9 rings (SSSR count). The molecule has 0 spiro atoms. The smallest absolute Gasteiger partial charge is 0.326 e. The zero-order valence-electron chi connectivity index (χ0n) is 51.6. The second-order valence-electron chi connectivity index (χ2n) is 24.5. The number of aryl methyl sites for hydroxylation is 3. The molecule has 91 heavy (non-hydrogen) atoms. The number of aromatic amines is 1. The summed E-state index contributed by atoms with van der Waals surface area (Å²) in [6.45, 7) is 10.1. The number of primary amides is 1. The number of benzene rings is 2. The fraction of sp³-hybridized carbons (Fsp3) is 0.476. The van der Waals surface area contributed by atoms with E-state index < -0.39 is 54.3 Å². The van der Waals surface area contributed by atoms with Crippen molar-refractivity contribution in [1.29, 1.82) is 0 Å². The third kappa shape index (κ3) is 19.5. The fourth-order valence-electron chi connectivity index (χ4n) is 10.8. The number of amides is 7. The Kier molecular flexibility index (Phi) is 21.9. The molecule has 28 nitrogen and oxygen atoms in total. The lowest BCUT2D eigenvalue weighted by molar-refractivity contribution is -0.151. The number of hydrogen-bond donors (Lipinski definition) is 8. The third-order valence-corrected chi connectivity index (χ3v) is 15.8. The van der Waals surface area contributed by atoms with Crippen LogP contribution in [-0.2, 0) is 57.9 Å². The number of aromatic nitrogens is 8. The largest absolute Gasteiger partial charge is 0.484 e. The monoisotopic (exact) mass is 1250 g/mol. The number of aliphatic carboxylic acids is 1. The Balaban J connectivity index is 0.637. The number of carboxylic acid groups (broad SMARTS) is 1. The SMILES string of the molecule is Cc1n[nH]c(C)c1-c1ccc(NC(=O)[C@@H](NC(=O)c2ccnn2CCCNC(=O)Cn2cc(COCC(=O)N3CC(OCC(CC(N)=O)NC(=O)COc4cccc(Oc5ccc(C(=O)N[C@@H](CCC(C)(C)C)C(=O)O)cn5)c4)C3)nn2)C(C2CC2)C2CC2)cc1. The molecule has 0 bridgehead atoms. The number of rotatable bonds is 34.